The van der Waals surface area contributed by atoms with E-state index in [0.717, 1.165) is 0 Å². The first-order valence-electron chi connectivity index (χ1n) is 20.1. The Labute approximate surface area is 324 Å². The van der Waals surface area contributed by atoms with E-state index in [9.17, 15) is 0 Å². The van der Waals surface area contributed by atoms with Crippen molar-refractivity contribution in [2.75, 3.05) is 0 Å². The highest BCUT2D eigenvalue weighted by molar-refractivity contribution is 6.25. The molecule has 0 atom stereocenters. The molecular weight excluding hydrogens is 649 g/mol. The second-order valence-electron chi connectivity index (χ2n) is 18.6. The summed E-state index contributed by atoms with van der Waals surface area (Å²) in [6, 6.07) is 47.0. The molecule has 0 radical (unpaired) electrons. The topological polar surface area (TPSA) is 0 Å². The SMILES string of the molecule is CC.CC(C)(C)c1ccc(-c2c3ccc4c(c3c(-c3ccc(C(C)(C)C)cc3)c3ccc5c(c23)C(C)(C)c2ccccc2-5)C(C)(C)c2ccccc2-4)cc1. The van der Waals surface area contributed by atoms with Crippen LogP contribution in [0.25, 0.3) is 66.1 Å². The molecule has 54 heavy (non-hydrogen) atoms. The molecule has 0 amide bonds. The van der Waals surface area contributed by atoms with Crippen molar-refractivity contribution in [1.29, 1.82) is 0 Å². The Kier molecular flexibility index (Phi) is 8.21. The molecule has 0 N–H and O–H groups in total. The van der Waals surface area contributed by atoms with Crippen molar-refractivity contribution >= 4 is 21.5 Å². The molecule has 0 heteroatoms. The first-order chi connectivity index (χ1) is 25.6. The Bertz CT molecular complexity index is 2410. The van der Waals surface area contributed by atoms with Crippen molar-refractivity contribution in [2.45, 2.75) is 105 Å². The minimum absolute atomic E-state index is 0.0766. The van der Waals surface area contributed by atoms with Crippen LogP contribution in [-0.4, -0.2) is 0 Å². The van der Waals surface area contributed by atoms with Crippen molar-refractivity contribution in [3.63, 3.8) is 0 Å². The summed E-state index contributed by atoms with van der Waals surface area (Å²) >= 11 is 0. The van der Waals surface area contributed by atoms with Gasteiger partial charge < -0.3 is 0 Å². The van der Waals surface area contributed by atoms with E-state index in [2.05, 4.69) is 191 Å². The van der Waals surface area contributed by atoms with Crippen molar-refractivity contribution in [2.24, 2.45) is 0 Å². The summed E-state index contributed by atoms with van der Waals surface area (Å²) < 4.78 is 0. The third-order valence-electron chi connectivity index (χ3n) is 12.6. The maximum absolute atomic E-state index is 2.46. The average molecular weight is 705 g/mol. The quantitative estimate of drug-likeness (QED) is 0.157. The van der Waals surface area contributed by atoms with Gasteiger partial charge in [-0.15, -0.1) is 0 Å². The molecule has 0 spiro atoms. The molecule has 0 unspecified atom stereocenters. The molecule has 0 aliphatic heterocycles. The van der Waals surface area contributed by atoms with Gasteiger partial charge in [-0.1, -0.05) is 204 Å². The van der Waals surface area contributed by atoms with E-state index >= 15 is 0 Å². The number of hydrogen-bond donors (Lipinski definition) is 0. The first-order valence-corrected chi connectivity index (χ1v) is 20.1. The molecule has 0 heterocycles. The molecule has 272 valence electrons. The first kappa shape index (κ1) is 36.1. The number of rotatable bonds is 2. The van der Waals surface area contributed by atoms with Crippen LogP contribution in [0.5, 0.6) is 0 Å². The minimum Gasteiger partial charge on any atom is -0.0683 e. The van der Waals surface area contributed by atoms with E-state index in [1.165, 1.54) is 99.4 Å². The smallest absolute Gasteiger partial charge is 0.0165 e. The summed E-state index contributed by atoms with van der Waals surface area (Å²) in [4.78, 5) is 0. The molecular formula is C54H56. The van der Waals surface area contributed by atoms with Crippen molar-refractivity contribution < 1.29 is 0 Å². The molecule has 9 rings (SSSR count). The standard InChI is InChI=1S/C52H50.C2H6/c1-49(2,3)33-23-19-31(20-24-33)43-39-29-27-38-36-16-12-14-18-42(36)52(9,10)48(38)46(39)44(32-21-25-34(26-22-32)50(4,5)6)40-30-28-37-35-15-11-13-17-41(35)51(7,8)47(37)45(40)43;1-2/h11-30H,1-10H3;1-2H3. The highest BCUT2D eigenvalue weighted by atomic mass is 14.4. The molecule has 2 aliphatic carbocycles. The molecule has 0 saturated heterocycles. The molecule has 0 saturated carbocycles. The van der Waals surface area contributed by atoms with E-state index in [4.69, 9.17) is 0 Å². The average Bonchev–Trinajstić information content (AvgIpc) is 3.54. The van der Waals surface area contributed by atoms with Gasteiger partial charge in [0.25, 0.3) is 0 Å². The maximum atomic E-state index is 2.46. The zero-order chi connectivity index (χ0) is 38.5. The number of fused-ring (bicyclic) bond motifs is 10. The van der Waals surface area contributed by atoms with E-state index in [0.29, 0.717) is 0 Å². The van der Waals surface area contributed by atoms with Crippen molar-refractivity contribution in [1.82, 2.24) is 0 Å². The molecule has 7 aromatic carbocycles. The summed E-state index contributed by atoms with van der Waals surface area (Å²) in [6.07, 6.45) is 0. The summed E-state index contributed by atoms with van der Waals surface area (Å²) in [5.74, 6) is 0. The molecule has 2 aliphatic rings. The highest BCUT2D eigenvalue weighted by Gasteiger charge is 2.41. The maximum Gasteiger partial charge on any atom is 0.0165 e. The Morgan fingerprint density at radius 2 is 0.704 bits per heavy atom. The summed E-state index contributed by atoms with van der Waals surface area (Å²) in [6.45, 7) is 27.6. The van der Waals surface area contributed by atoms with Crippen LogP contribution in [0.1, 0.15) is 116 Å². The fourth-order valence-corrected chi connectivity index (χ4v) is 9.83. The zero-order valence-corrected chi connectivity index (χ0v) is 34.5. The van der Waals surface area contributed by atoms with Crippen molar-refractivity contribution in [3.05, 3.63) is 155 Å². The van der Waals surface area contributed by atoms with Gasteiger partial charge >= 0.3 is 0 Å². The summed E-state index contributed by atoms with van der Waals surface area (Å²) in [5.41, 5.74) is 19.0. The van der Waals surface area contributed by atoms with E-state index in [1.807, 2.05) is 13.8 Å². The summed E-state index contributed by atoms with van der Waals surface area (Å²) in [5, 5.41) is 5.45. The van der Waals surface area contributed by atoms with Crippen LogP contribution in [-0.2, 0) is 21.7 Å². The van der Waals surface area contributed by atoms with Gasteiger partial charge in [0.05, 0.1) is 0 Å². The normalized spacial score (nSPS) is 15.0. The lowest BCUT2D eigenvalue weighted by atomic mass is 9.73. The fourth-order valence-electron chi connectivity index (χ4n) is 9.83. The van der Waals surface area contributed by atoms with Gasteiger partial charge in [0.1, 0.15) is 0 Å². The lowest BCUT2D eigenvalue weighted by Gasteiger charge is -2.30. The second kappa shape index (κ2) is 12.3. The van der Waals surface area contributed by atoms with Gasteiger partial charge in [-0.3, -0.25) is 0 Å². The zero-order valence-electron chi connectivity index (χ0n) is 34.5. The highest BCUT2D eigenvalue weighted by Crippen LogP contribution is 2.59. The second-order valence-corrected chi connectivity index (χ2v) is 18.6. The molecule has 0 aromatic heterocycles. The molecule has 7 aromatic rings. The molecule has 0 nitrogen and oxygen atoms in total. The van der Waals surface area contributed by atoms with Crippen LogP contribution in [0, 0.1) is 0 Å². The third kappa shape index (κ3) is 5.16. The van der Waals surface area contributed by atoms with E-state index < -0.39 is 0 Å². The van der Waals surface area contributed by atoms with E-state index in [1.54, 1.807) is 0 Å². The van der Waals surface area contributed by atoms with Gasteiger partial charge in [0.15, 0.2) is 0 Å². The predicted octanol–water partition coefficient (Wildman–Crippen LogP) is 15.6. The predicted molar refractivity (Wildman–Crippen MR) is 236 cm³/mol. The Morgan fingerprint density at radius 3 is 1.04 bits per heavy atom. The van der Waals surface area contributed by atoms with Crippen molar-refractivity contribution in [3.8, 4) is 44.5 Å². The lowest BCUT2D eigenvalue weighted by molar-refractivity contribution is 0.590. The van der Waals surface area contributed by atoms with Crippen LogP contribution in [0.4, 0.5) is 0 Å². The Hall–Kier alpha value is -4.94. The Balaban J connectivity index is 0.00000203. The molecule has 0 bridgehead atoms. The van der Waals surface area contributed by atoms with Crippen LogP contribution in [0.2, 0.25) is 0 Å². The van der Waals surface area contributed by atoms with Crippen LogP contribution >= 0.6 is 0 Å². The van der Waals surface area contributed by atoms with Gasteiger partial charge in [0.2, 0.25) is 0 Å². The Morgan fingerprint density at radius 1 is 0.370 bits per heavy atom. The van der Waals surface area contributed by atoms with Gasteiger partial charge in [-0.2, -0.15) is 0 Å². The number of benzene rings is 7. The van der Waals surface area contributed by atoms with E-state index in [-0.39, 0.29) is 21.7 Å². The van der Waals surface area contributed by atoms with Crippen LogP contribution in [0.15, 0.2) is 121 Å². The molecule has 0 fully saturated rings. The van der Waals surface area contributed by atoms with Gasteiger partial charge in [-0.25, -0.2) is 0 Å². The third-order valence-corrected chi connectivity index (χ3v) is 12.6. The lowest BCUT2D eigenvalue weighted by Crippen LogP contribution is -2.17. The van der Waals surface area contributed by atoms with Gasteiger partial charge in [0, 0.05) is 10.8 Å². The number of hydrogen-bond acceptors (Lipinski definition) is 0. The van der Waals surface area contributed by atoms with Crippen LogP contribution in [0.3, 0.4) is 0 Å². The van der Waals surface area contributed by atoms with Gasteiger partial charge in [-0.05, 0) is 110 Å². The monoisotopic (exact) mass is 704 g/mol. The summed E-state index contributed by atoms with van der Waals surface area (Å²) in [7, 11) is 0. The van der Waals surface area contributed by atoms with Crippen LogP contribution < -0.4 is 0 Å². The largest absolute Gasteiger partial charge is 0.0683 e. The fraction of sp³-hybridized carbons (Fsp3) is 0.296. The minimum atomic E-state index is -0.168.